The molecule has 0 aliphatic carbocycles. The van der Waals surface area contributed by atoms with Gasteiger partial charge in [0.1, 0.15) is 0 Å². The van der Waals surface area contributed by atoms with Gasteiger partial charge in [-0.25, -0.2) is 4.79 Å². The number of ether oxygens (including phenoxy) is 1. The van der Waals surface area contributed by atoms with E-state index in [1.165, 1.54) is 37.9 Å². The minimum atomic E-state index is 0.0546. The smallest absolute Gasteiger partial charge is 0.317 e. The average molecular weight is 357 g/mol. The molecule has 142 valence electrons. The highest BCUT2D eigenvalue weighted by Gasteiger charge is 2.39. The molecule has 4 rings (SSSR count). The second-order valence-corrected chi connectivity index (χ2v) is 8.08. The fraction of sp³-hybridized carbons (Fsp3) is 0.667. The van der Waals surface area contributed by atoms with Crippen LogP contribution in [0.25, 0.3) is 0 Å². The molecule has 0 atom stereocenters. The van der Waals surface area contributed by atoms with E-state index in [0.717, 1.165) is 51.1 Å². The molecule has 3 saturated heterocycles. The predicted molar refractivity (Wildman–Crippen MR) is 102 cm³/mol. The fourth-order valence-electron chi connectivity index (χ4n) is 4.52. The molecule has 1 spiro atoms. The first-order chi connectivity index (χ1) is 12.7. The van der Waals surface area contributed by atoms with Crippen LogP contribution in [0.1, 0.15) is 49.7 Å². The third kappa shape index (κ3) is 4.21. The van der Waals surface area contributed by atoms with E-state index in [4.69, 9.17) is 4.74 Å². The molecule has 3 aliphatic rings. The van der Waals surface area contributed by atoms with Crippen LogP contribution in [-0.2, 0) is 17.8 Å². The monoisotopic (exact) mass is 357 g/mol. The van der Waals surface area contributed by atoms with Gasteiger partial charge >= 0.3 is 6.03 Å². The maximum atomic E-state index is 12.4. The van der Waals surface area contributed by atoms with Crippen LogP contribution in [-0.4, -0.2) is 54.2 Å². The Morgan fingerprint density at radius 2 is 1.65 bits per heavy atom. The van der Waals surface area contributed by atoms with Crippen molar-refractivity contribution in [2.45, 2.75) is 57.2 Å². The minimum absolute atomic E-state index is 0.0546. The molecule has 0 saturated carbocycles. The molecule has 5 nitrogen and oxygen atoms in total. The highest BCUT2D eigenvalue weighted by Crippen LogP contribution is 2.35. The normalized spacial score (nSPS) is 22.8. The molecule has 3 aliphatic heterocycles. The van der Waals surface area contributed by atoms with Crippen molar-refractivity contribution < 1.29 is 9.53 Å². The molecule has 26 heavy (non-hydrogen) atoms. The summed E-state index contributed by atoms with van der Waals surface area (Å²) in [6.07, 6.45) is 6.94. The van der Waals surface area contributed by atoms with Gasteiger partial charge in [-0.1, -0.05) is 24.3 Å². The van der Waals surface area contributed by atoms with Gasteiger partial charge in [-0.3, -0.25) is 4.90 Å². The number of piperidine rings is 1. The lowest BCUT2D eigenvalue weighted by Crippen LogP contribution is -2.49. The van der Waals surface area contributed by atoms with Crippen molar-refractivity contribution in [1.29, 1.82) is 0 Å². The number of carbonyl (C=O) groups is 1. The number of carbonyl (C=O) groups excluding carboxylic acids is 1. The molecule has 2 amide bonds. The lowest BCUT2D eigenvalue weighted by molar-refractivity contribution is -0.0361. The summed E-state index contributed by atoms with van der Waals surface area (Å²) in [5.41, 5.74) is 2.60. The van der Waals surface area contributed by atoms with Crippen LogP contribution in [0.2, 0.25) is 0 Å². The molecule has 1 aromatic rings. The zero-order valence-corrected chi connectivity index (χ0v) is 15.7. The molecule has 3 heterocycles. The second-order valence-electron chi connectivity index (χ2n) is 8.08. The zero-order valence-electron chi connectivity index (χ0n) is 15.7. The SMILES string of the molecule is O=C(NCc1ccc(CN2CCCC2)cc1)N1CCC2(CCCO2)CC1. The Kier molecular flexibility index (Phi) is 5.46. The number of likely N-dealkylation sites (tertiary alicyclic amines) is 2. The molecular formula is C21H31N3O2. The van der Waals surface area contributed by atoms with Crippen molar-refractivity contribution in [1.82, 2.24) is 15.1 Å². The second kappa shape index (κ2) is 7.97. The molecule has 5 heteroatoms. The van der Waals surface area contributed by atoms with Gasteiger partial charge in [0.2, 0.25) is 0 Å². The summed E-state index contributed by atoms with van der Waals surface area (Å²) in [6, 6.07) is 8.73. The van der Waals surface area contributed by atoms with Gasteiger partial charge in [0.05, 0.1) is 5.60 Å². The van der Waals surface area contributed by atoms with E-state index in [1.54, 1.807) is 0 Å². The summed E-state index contributed by atoms with van der Waals surface area (Å²) >= 11 is 0. The van der Waals surface area contributed by atoms with E-state index < -0.39 is 0 Å². The number of benzene rings is 1. The molecule has 3 fully saturated rings. The Balaban J connectivity index is 1.21. The Bertz CT molecular complexity index is 594. The topological polar surface area (TPSA) is 44.8 Å². The van der Waals surface area contributed by atoms with Gasteiger partial charge in [0.25, 0.3) is 0 Å². The van der Waals surface area contributed by atoms with Crippen molar-refractivity contribution in [3.8, 4) is 0 Å². The molecular weight excluding hydrogens is 326 g/mol. The standard InChI is InChI=1S/C21H31N3O2/c25-20(24-13-9-21(10-14-24)8-3-15-26-21)22-16-18-4-6-19(7-5-18)17-23-11-1-2-12-23/h4-7H,1-3,8-17H2,(H,22,25). The van der Waals surface area contributed by atoms with E-state index in [2.05, 4.69) is 34.5 Å². The van der Waals surface area contributed by atoms with Crippen LogP contribution in [0.15, 0.2) is 24.3 Å². The van der Waals surface area contributed by atoms with Crippen LogP contribution < -0.4 is 5.32 Å². The predicted octanol–water partition coefficient (Wildman–Crippen LogP) is 3.14. The third-order valence-electron chi connectivity index (χ3n) is 6.22. The van der Waals surface area contributed by atoms with E-state index in [9.17, 15) is 4.79 Å². The maximum absolute atomic E-state index is 12.4. The van der Waals surface area contributed by atoms with Crippen molar-refractivity contribution in [2.24, 2.45) is 0 Å². The lowest BCUT2D eigenvalue weighted by Gasteiger charge is -2.38. The van der Waals surface area contributed by atoms with Gasteiger partial charge < -0.3 is 15.0 Å². The molecule has 0 unspecified atom stereocenters. The maximum Gasteiger partial charge on any atom is 0.317 e. The summed E-state index contributed by atoms with van der Waals surface area (Å²) in [5.74, 6) is 0. The first-order valence-corrected chi connectivity index (χ1v) is 10.2. The quantitative estimate of drug-likeness (QED) is 0.900. The Morgan fingerprint density at radius 3 is 2.31 bits per heavy atom. The van der Waals surface area contributed by atoms with Crippen LogP contribution in [0, 0.1) is 0 Å². The average Bonchev–Trinajstić information content (AvgIpc) is 3.34. The van der Waals surface area contributed by atoms with Crippen LogP contribution in [0.4, 0.5) is 4.79 Å². The van der Waals surface area contributed by atoms with E-state index >= 15 is 0 Å². The van der Waals surface area contributed by atoms with E-state index in [1.807, 2.05) is 4.90 Å². The molecule has 0 radical (unpaired) electrons. The first-order valence-electron chi connectivity index (χ1n) is 10.2. The van der Waals surface area contributed by atoms with Gasteiger partial charge in [-0.15, -0.1) is 0 Å². The summed E-state index contributed by atoms with van der Waals surface area (Å²) in [5, 5.41) is 3.08. The number of hydrogen-bond donors (Lipinski definition) is 1. The Labute approximate surface area is 156 Å². The van der Waals surface area contributed by atoms with Gasteiger partial charge in [-0.2, -0.15) is 0 Å². The highest BCUT2D eigenvalue weighted by atomic mass is 16.5. The van der Waals surface area contributed by atoms with Crippen molar-refractivity contribution in [3.63, 3.8) is 0 Å². The van der Waals surface area contributed by atoms with Gasteiger partial charge in [0.15, 0.2) is 0 Å². The van der Waals surface area contributed by atoms with Crippen molar-refractivity contribution in [3.05, 3.63) is 35.4 Å². The third-order valence-corrected chi connectivity index (χ3v) is 6.22. The number of nitrogens with zero attached hydrogens (tertiary/aromatic N) is 2. The molecule has 1 aromatic carbocycles. The van der Waals surface area contributed by atoms with Crippen LogP contribution in [0.5, 0.6) is 0 Å². The van der Waals surface area contributed by atoms with E-state index in [0.29, 0.717) is 6.54 Å². The van der Waals surface area contributed by atoms with Crippen molar-refractivity contribution >= 4 is 6.03 Å². The minimum Gasteiger partial charge on any atom is -0.375 e. The number of rotatable bonds is 4. The largest absolute Gasteiger partial charge is 0.375 e. The number of hydrogen-bond acceptors (Lipinski definition) is 3. The Morgan fingerprint density at radius 1 is 0.962 bits per heavy atom. The van der Waals surface area contributed by atoms with Crippen LogP contribution in [0.3, 0.4) is 0 Å². The number of amides is 2. The molecule has 0 aromatic heterocycles. The molecule has 0 bridgehead atoms. The van der Waals surface area contributed by atoms with E-state index in [-0.39, 0.29) is 11.6 Å². The highest BCUT2D eigenvalue weighted by molar-refractivity contribution is 5.74. The fourth-order valence-corrected chi connectivity index (χ4v) is 4.52. The number of nitrogens with one attached hydrogen (secondary N) is 1. The number of urea groups is 1. The summed E-state index contributed by atoms with van der Waals surface area (Å²) < 4.78 is 5.94. The summed E-state index contributed by atoms with van der Waals surface area (Å²) in [6.45, 7) is 6.59. The first kappa shape index (κ1) is 17.8. The zero-order chi connectivity index (χ0) is 17.8. The molecule has 1 N–H and O–H groups in total. The summed E-state index contributed by atoms with van der Waals surface area (Å²) in [4.78, 5) is 16.9. The van der Waals surface area contributed by atoms with Gasteiger partial charge in [-0.05, 0) is 62.7 Å². The lowest BCUT2D eigenvalue weighted by atomic mass is 9.89. The Hall–Kier alpha value is -1.59. The summed E-state index contributed by atoms with van der Waals surface area (Å²) in [7, 11) is 0. The van der Waals surface area contributed by atoms with Crippen LogP contribution >= 0.6 is 0 Å². The van der Waals surface area contributed by atoms with Crippen molar-refractivity contribution in [2.75, 3.05) is 32.8 Å². The van der Waals surface area contributed by atoms with Gasteiger partial charge in [0, 0.05) is 32.8 Å².